The Labute approximate surface area is 230 Å². The number of rotatable bonds is 28. The van der Waals surface area contributed by atoms with Crippen molar-refractivity contribution in [2.24, 2.45) is 0 Å². The molecular weight excluding hydrogens is 458 g/mol. The van der Waals surface area contributed by atoms with Crippen LogP contribution in [0.5, 0.6) is 0 Å². The zero-order chi connectivity index (χ0) is 27.2. The molecule has 0 aromatic rings. The number of allylic oxidation sites excluding steroid dienone is 3. The molecule has 4 heteroatoms. The van der Waals surface area contributed by atoms with Crippen LogP contribution in [0.1, 0.15) is 162 Å². The van der Waals surface area contributed by atoms with Crippen molar-refractivity contribution in [3.8, 4) is 0 Å². The van der Waals surface area contributed by atoms with Gasteiger partial charge in [-0.15, -0.1) is 0 Å². The fourth-order valence-electron chi connectivity index (χ4n) is 4.66. The first-order chi connectivity index (χ1) is 18.2. The van der Waals surface area contributed by atoms with Crippen LogP contribution in [0.2, 0.25) is 0 Å². The minimum absolute atomic E-state index is 0.0851. The molecule has 0 aromatic heterocycles. The molecule has 3 N–H and O–H groups in total. The SMILES string of the molecule is CCCCCCCCCCCCCCC/C=C/CC/C=C/C(O)C(CO)NC(=O)CCCCCCCC. The molecule has 0 fully saturated rings. The molecule has 0 radical (unpaired) electrons. The number of aliphatic hydroxyl groups is 2. The fourth-order valence-corrected chi connectivity index (χ4v) is 4.66. The summed E-state index contributed by atoms with van der Waals surface area (Å²) in [6.45, 7) is 4.22. The molecule has 0 aliphatic carbocycles. The third-order valence-electron chi connectivity index (χ3n) is 7.19. The van der Waals surface area contributed by atoms with E-state index in [4.69, 9.17) is 0 Å². The summed E-state index contributed by atoms with van der Waals surface area (Å²) < 4.78 is 0. The van der Waals surface area contributed by atoms with Crippen LogP contribution in [0.4, 0.5) is 0 Å². The zero-order valence-electron chi connectivity index (χ0n) is 24.7. The third kappa shape index (κ3) is 26.3. The largest absolute Gasteiger partial charge is 0.394 e. The first-order valence-corrected chi connectivity index (χ1v) is 16.1. The molecule has 1 amide bonds. The van der Waals surface area contributed by atoms with Crippen LogP contribution in [0.15, 0.2) is 24.3 Å². The van der Waals surface area contributed by atoms with E-state index in [1.165, 1.54) is 109 Å². The average Bonchev–Trinajstić information content (AvgIpc) is 2.90. The minimum atomic E-state index is -0.853. The lowest BCUT2D eigenvalue weighted by molar-refractivity contribution is -0.123. The Morgan fingerprint density at radius 2 is 1.05 bits per heavy atom. The second-order valence-corrected chi connectivity index (χ2v) is 10.9. The fraction of sp³-hybridized carbons (Fsp3) is 0.848. The maximum absolute atomic E-state index is 12.1. The smallest absolute Gasteiger partial charge is 0.220 e. The van der Waals surface area contributed by atoms with E-state index >= 15 is 0 Å². The highest BCUT2D eigenvalue weighted by Crippen LogP contribution is 2.13. The molecule has 0 bridgehead atoms. The quantitative estimate of drug-likeness (QED) is 0.0711. The van der Waals surface area contributed by atoms with Crippen molar-refractivity contribution in [1.82, 2.24) is 5.32 Å². The first-order valence-electron chi connectivity index (χ1n) is 16.1. The molecule has 0 aliphatic rings. The molecule has 0 heterocycles. The number of aliphatic hydroxyl groups excluding tert-OH is 2. The summed E-state index contributed by atoms with van der Waals surface area (Å²) in [6.07, 6.45) is 35.6. The van der Waals surface area contributed by atoms with E-state index in [2.05, 4.69) is 31.3 Å². The van der Waals surface area contributed by atoms with Gasteiger partial charge in [-0.25, -0.2) is 0 Å². The van der Waals surface area contributed by atoms with Gasteiger partial charge in [-0.3, -0.25) is 4.79 Å². The maximum atomic E-state index is 12.1. The van der Waals surface area contributed by atoms with Gasteiger partial charge in [0.25, 0.3) is 0 Å². The number of hydrogen-bond donors (Lipinski definition) is 3. The van der Waals surface area contributed by atoms with Crippen molar-refractivity contribution in [2.75, 3.05) is 6.61 Å². The monoisotopic (exact) mass is 521 g/mol. The predicted octanol–water partition coefficient (Wildman–Crippen LogP) is 8.95. The lowest BCUT2D eigenvalue weighted by Crippen LogP contribution is -2.45. The van der Waals surface area contributed by atoms with Crippen molar-refractivity contribution in [2.45, 2.75) is 174 Å². The van der Waals surface area contributed by atoms with E-state index in [9.17, 15) is 15.0 Å². The van der Waals surface area contributed by atoms with Crippen LogP contribution < -0.4 is 5.32 Å². The van der Waals surface area contributed by atoms with Gasteiger partial charge in [0.1, 0.15) is 0 Å². The molecule has 0 rings (SSSR count). The summed E-state index contributed by atoms with van der Waals surface area (Å²) in [5.74, 6) is -0.0851. The number of nitrogens with one attached hydrogen (secondary N) is 1. The van der Waals surface area contributed by atoms with E-state index in [1.807, 2.05) is 6.08 Å². The third-order valence-corrected chi connectivity index (χ3v) is 7.19. The van der Waals surface area contributed by atoms with Gasteiger partial charge in [0.05, 0.1) is 18.8 Å². The van der Waals surface area contributed by atoms with Crippen molar-refractivity contribution in [3.05, 3.63) is 24.3 Å². The normalized spacial score (nSPS) is 13.5. The van der Waals surface area contributed by atoms with Gasteiger partial charge in [0, 0.05) is 6.42 Å². The topological polar surface area (TPSA) is 69.6 Å². The standard InChI is InChI=1S/C33H63NO3/c1-3-5-7-9-11-12-13-14-15-16-17-18-19-20-21-22-23-24-26-28-32(36)31(30-35)34-33(37)29-27-25-10-8-6-4-2/h21-22,26,28,31-32,35-36H,3-20,23-25,27,29-30H2,1-2H3,(H,34,37)/b22-21+,28-26+. The van der Waals surface area contributed by atoms with Gasteiger partial charge < -0.3 is 15.5 Å². The Balaban J connectivity index is 3.63. The molecule has 37 heavy (non-hydrogen) atoms. The molecular formula is C33H63NO3. The highest BCUT2D eigenvalue weighted by atomic mass is 16.3. The van der Waals surface area contributed by atoms with Crippen molar-refractivity contribution < 1.29 is 15.0 Å². The molecule has 2 atom stereocenters. The molecule has 0 saturated heterocycles. The van der Waals surface area contributed by atoms with E-state index in [0.29, 0.717) is 6.42 Å². The number of amides is 1. The van der Waals surface area contributed by atoms with Gasteiger partial charge in [-0.1, -0.05) is 147 Å². The highest BCUT2D eigenvalue weighted by molar-refractivity contribution is 5.76. The van der Waals surface area contributed by atoms with Crippen molar-refractivity contribution in [1.29, 1.82) is 0 Å². The second kappa shape index (κ2) is 29.4. The van der Waals surface area contributed by atoms with Gasteiger partial charge in [-0.2, -0.15) is 0 Å². The molecule has 0 aliphatic heterocycles. The van der Waals surface area contributed by atoms with Crippen LogP contribution in [-0.2, 0) is 4.79 Å². The van der Waals surface area contributed by atoms with Gasteiger partial charge in [0.15, 0.2) is 0 Å². The molecule has 218 valence electrons. The van der Waals surface area contributed by atoms with E-state index in [1.54, 1.807) is 6.08 Å². The number of unbranched alkanes of at least 4 members (excludes halogenated alkanes) is 19. The summed E-state index contributed by atoms with van der Waals surface area (Å²) in [7, 11) is 0. The van der Waals surface area contributed by atoms with Crippen LogP contribution in [0.3, 0.4) is 0 Å². The molecule has 0 spiro atoms. The number of carbonyl (C=O) groups excluding carboxylic acids is 1. The van der Waals surface area contributed by atoms with Crippen LogP contribution in [0.25, 0.3) is 0 Å². The van der Waals surface area contributed by atoms with E-state index in [0.717, 1.165) is 32.1 Å². The number of hydrogen-bond acceptors (Lipinski definition) is 3. The van der Waals surface area contributed by atoms with Crippen LogP contribution in [0, 0.1) is 0 Å². The summed E-state index contributed by atoms with van der Waals surface area (Å²) in [4.78, 5) is 12.1. The predicted molar refractivity (Wildman–Crippen MR) is 161 cm³/mol. The second-order valence-electron chi connectivity index (χ2n) is 10.9. The van der Waals surface area contributed by atoms with Gasteiger partial charge in [0.2, 0.25) is 5.91 Å². The van der Waals surface area contributed by atoms with Gasteiger partial charge in [-0.05, 0) is 32.1 Å². The van der Waals surface area contributed by atoms with Crippen LogP contribution >= 0.6 is 0 Å². The summed E-state index contributed by atoms with van der Waals surface area (Å²) in [5, 5.41) is 22.6. The summed E-state index contributed by atoms with van der Waals surface area (Å²) in [5.41, 5.74) is 0. The van der Waals surface area contributed by atoms with E-state index in [-0.39, 0.29) is 12.5 Å². The van der Waals surface area contributed by atoms with Crippen molar-refractivity contribution in [3.63, 3.8) is 0 Å². The lowest BCUT2D eigenvalue weighted by atomic mass is 10.0. The minimum Gasteiger partial charge on any atom is -0.394 e. The molecule has 0 saturated carbocycles. The number of carbonyl (C=O) groups is 1. The summed E-state index contributed by atoms with van der Waals surface area (Å²) in [6, 6.07) is -0.630. The molecule has 2 unspecified atom stereocenters. The molecule has 0 aromatic carbocycles. The van der Waals surface area contributed by atoms with Crippen LogP contribution in [-0.4, -0.2) is 34.9 Å². The Bertz CT molecular complexity index is 532. The van der Waals surface area contributed by atoms with Crippen molar-refractivity contribution >= 4 is 5.91 Å². The Morgan fingerprint density at radius 3 is 1.57 bits per heavy atom. The van der Waals surface area contributed by atoms with E-state index < -0.39 is 12.1 Å². The maximum Gasteiger partial charge on any atom is 0.220 e. The Kier molecular flexibility index (Phi) is 28.5. The zero-order valence-corrected chi connectivity index (χ0v) is 24.7. The first kappa shape index (κ1) is 35.9. The van der Waals surface area contributed by atoms with Gasteiger partial charge >= 0.3 is 0 Å². The Morgan fingerprint density at radius 1 is 0.622 bits per heavy atom. The molecule has 4 nitrogen and oxygen atoms in total. The Hall–Kier alpha value is -1.13. The summed E-state index contributed by atoms with van der Waals surface area (Å²) >= 11 is 0. The highest BCUT2D eigenvalue weighted by Gasteiger charge is 2.17. The lowest BCUT2D eigenvalue weighted by Gasteiger charge is -2.19. The average molecular weight is 522 g/mol.